The summed E-state index contributed by atoms with van der Waals surface area (Å²) < 4.78 is 58.3. The molecule has 10 rings (SSSR count). The molecule has 0 aromatic heterocycles. The van der Waals surface area contributed by atoms with Gasteiger partial charge in [-0.1, -0.05) is 46.3 Å². The number of hydrogen-bond acceptors (Lipinski definition) is 29. The van der Waals surface area contributed by atoms with Gasteiger partial charge in [-0.15, -0.1) is 0 Å². The molecule has 86 heavy (non-hydrogen) atoms. The van der Waals surface area contributed by atoms with E-state index in [0.717, 1.165) is 5.57 Å². The van der Waals surface area contributed by atoms with Crippen LogP contribution >= 0.6 is 0 Å². The van der Waals surface area contributed by atoms with Crippen molar-refractivity contribution in [2.45, 2.75) is 253 Å². The summed E-state index contributed by atoms with van der Waals surface area (Å²) in [5, 5.41) is 198. The summed E-state index contributed by atoms with van der Waals surface area (Å²) in [6.07, 6.45) is -40.1. The van der Waals surface area contributed by atoms with Crippen LogP contribution in [0, 0.1) is 50.2 Å². The van der Waals surface area contributed by atoms with Gasteiger partial charge in [-0.25, -0.2) is 0 Å². The van der Waals surface area contributed by atoms with E-state index in [1.54, 1.807) is 0 Å². The fraction of sp³-hybridized carbons (Fsp3) is 0.947. The molecule has 0 bridgehead atoms. The Labute approximate surface area is 496 Å². The monoisotopic (exact) mass is 1240 g/mol. The lowest BCUT2D eigenvalue weighted by atomic mass is 9.33. The van der Waals surface area contributed by atoms with Gasteiger partial charge in [0.05, 0.1) is 57.5 Å². The van der Waals surface area contributed by atoms with E-state index < -0.39 is 238 Å². The lowest BCUT2D eigenvalue weighted by Crippen LogP contribution is -2.72. The highest BCUT2D eigenvalue weighted by atomic mass is 16.8. The third-order valence-corrected chi connectivity index (χ3v) is 22.6. The predicted octanol–water partition coefficient (Wildman–Crippen LogP) is -6.06. The van der Waals surface area contributed by atoms with Crippen molar-refractivity contribution in [2.75, 3.05) is 33.0 Å². The topological polar surface area (TPSA) is 474 Å². The van der Waals surface area contributed by atoms with Crippen molar-refractivity contribution in [2.24, 2.45) is 50.2 Å². The SMILES string of the molecule is CC1OC(OC2C(OC(=O)C34CCC(C)(C)CC3C3=CCC5C6(C)CC(O)C(OC7OC(OC8OC(CO)C(O)C(O)C8O)C(O)C(O)C7O)C(CO)(CO)C6CCC5(C)C3(C)CC4O)OCC(O)C2O)C(O)C(O)C1OC1OCC(O)C(O)C1O. The molecule has 0 amide bonds. The highest BCUT2D eigenvalue weighted by Crippen LogP contribution is 2.76. The number of rotatable bonds is 13. The molecule has 29 heteroatoms. The van der Waals surface area contributed by atoms with Crippen molar-refractivity contribution >= 4 is 5.97 Å². The van der Waals surface area contributed by atoms with E-state index >= 15 is 4.79 Å². The van der Waals surface area contributed by atoms with Gasteiger partial charge < -0.3 is 139 Å². The molecule has 5 heterocycles. The molecular weight excluding hydrogens is 1150 g/mol. The molecule has 0 spiro atoms. The fourth-order valence-corrected chi connectivity index (χ4v) is 17.4. The number of aliphatic hydroxyl groups is 18. The molecule has 33 atom stereocenters. The molecular formula is C57H92O29. The summed E-state index contributed by atoms with van der Waals surface area (Å²) in [6, 6.07) is 0. The second-order valence-corrected chi connectivity index (χ2v) is 27.8. The van der Waals surface area contributed by atoms with Crippen LogP contribution in [0.1, 0.15) is 92.9 Å². The molecule has 4 saturated carbocycles. The molecule has 0 aromatic rings. The summed E-state index contributed by atoms with van der Waals surface area (Å²) in [5.41, 5.74) is -5.17. The number of fused-ring (bicyclic) bond motifs is 7. The lowest BCUT2D eigenvalue weighted by molar-refractivity contribution is -0.411. The summed E-state index contributed by atoms with van der Waals surface area (Å²) in [6.45, 7) is 8.53. The zero-order chi connectivity index (χ0) is 62.9. The molecule has 494 valence electrons. The average molecular weight is 1240 g/mol. The zero-order valence-electron chi connectivity index (χ0n) is 49.1. The van der Waals surface area contributed by atoms with Crippen LogP contribution in [0.4, 0.5) is 0 Å². The van der Waals surface area contributed by atoms with Gasteiger partial charge in [-0.2, -0.15) is 0 Å². The molecule has 9 fully saturated rings. The van der Waals surface area contributed by atoms with Gasteiger partial charge in [0.1, 0.15) is 97.0 Å². The van der Waals surface area contributed by atoms with Crippen LogP contribution in [-0.4, -0.2) is 291 Å². The summed E-state index contributed by atoms with van der Waals surface area (Å²) in [5.74, 6) is -2.45. The van der Waals surface area contributed by atoms with Crippen molar-refractivity contribution < 1.29 is 144 Å². The molecule has 0 aromatic carbocycles. The second kappa shape index (κ2) is 24.6. The zero-order valence-corrected chi connectivity index (χ0v) is 49.1. The first-order chi connectivity index (χ1) is 40.3. The largest absolute Gasteiger partial charge is 0.432 e. The van der Waals surface area contributed by atoms with E-state index in [9.17, 15) is 91.9 Å². The highest BCUT2D eigenvalue weighted by molar-refractivity contribution is 5.80. The molecule has 0 radical (unpaired) electrons. The minimum Gasteiger partial charge on any atom is -0.432 e. The van der Waals surface area contributed by atoms with Crippen LogP contribution in [0.3, 0.4) is 0 Å². The molecule has 10 aliphatic rings. The Bertz CT molecular complexity index is 2400. The van der Waals surface area contributed by atoms with E-state index in [1.807, 2.05) is 6.92 Å². The van der Waals surface area contributed by atoms with Gasteiger partial charge in [0.15, 0.2) is 37.6 Å². The Morgan fingerprint density at radius 3 is 1.74 bits per heavy atom. The van der Waals surface area contributed by atoms with Gasteiger partial charge in [-0.05, 0) is 97.7 Å². The summed E-state index contributed by atoms with van der Waals surface area (Å²) in [7, 11) is 0. The average Bonchev–Trinajstić information content (AvgIpc) is 0.673. The van der Waals surface area contributed by atoms with Gasteiger partial charge in [-0.3, -0.25) is 4.79 Å². The van der Waals surface area contributed by atoms with Crippen molar-refractivity contribution in [1.29, 1.82) is 0 Å². The minimum atomic E-state index is -2.05. The van der Waals surface area contributed by atoms with Gasteiger partial charge in [0, 0.05) is 5.41 Å². The summed E-state index contributed by atoms with van der Waals surface area (Å²) in [4.78, 5) is 15.4. The molecule has 33 unspecified atom stereocenters. The Morgan fingerprint density at radius 2 is 1.10 bits per heavy atom. The second-order valence-electron chi connectivity index (χ2n) is 27.8. The fourth-order valence-electron chi connectivity index (χ4n) is 17.4. The molecule has 18 N–H and O–H groups in total. The van der Waals surface area contributed by atoms with Crippen molar-refractivity contribution in [3.05, 3.63) is 11.6 Å². The van der Waals surface area contributed by atoms with E-state index in [2.05, 4.69) is 33.8 Å². The number of carbonyl (C=O) groups is 1. The maximum Gasteiger partial charge on any atom is 0.317 e. The third-order valence-electron chi connectivity index (χ3n) is 22.6. The standard InChI is InChI=1S/C57H92O29/c1-21-42(81-45-37(71)31(65)25(62)17-77-45)36(70)41(75)46(79-21)82-43-32(66)26(63)18-78-50(43)86-51(76)57-12-11-52(2,3)13-23(57)22-7-8-28-53(4)14-24(61)44(56(19-59,20-60)29(53)9-10-54(28,5)55(22,6)15-30(57)64)83-48-39(73)35(69)40(74)49(85-48)84-47-38(72)34(68)33(67)27(16-58)80-47/h7,21,23-50,58-75H,8-20H2,1-6H3. The lowest BCUT2D eigenvalue weighted by Gasteiger charge is -2.72. The van der Waals surface area contributed by atoms with Crippen LogP contribution in [0.5, 0.6) is 0 Å². The smallest absolute Gasteiger partial charge is 0.317 e. The molecule has 29 nitrogen and oxygen atoms in total. The Morgan fingerprint density at radius 1 is 0.547 bits per heavy atom. The number of aliphatic hydroxyl groups excluding tert-OH is 18. The first kappa shape index (κ1) is 67.0. The van der Waals surface area contributed by atoms with Gasteiger partial charge in [0.2, 0.25) is 6.29 Å². The number of ether oxygens (including phenoxy) is 10. The molecule has 5 aliphatic heterocycles. The van der Waals surface area contributed by atoms with Crippen LogP contribution in [0.25, 0.3) is 0 Å². The number of hydrogen-bond donors (Lipinski definition) is 18. The van der Waals surface area contributed by atoms with Gasteiger partial charge >= 0.3 is 5.97 Å². The number of esters is 1. The number of carbonyl (C=O) groups excluding carboxylic acids is 1. The van der Waals surface area contributed by atoms with Crippen LogP contribution in [0.2, 0.25) is 0 Å². The first-order valence-electron chi connectivity index (χ1n) is 30.1. The maximum atomic E-state index is 15.4. The van der Waals surface area contributed by atoms with Crippen LogP contribution in [0.15, 0.2) is 11.6 Å². The van der Waals surface area contributed by atoms with Crippen LogP contribution in [-0.2, 0) is 52.2 Å². The summed E-state index contributed by atoms with van der Waals surface area (Å²) >= 11 is 0. The highest BCUT2D eigenvalue weighted by Gasteiger charge is 2.74. The van der Waals surface area contributed by atoms with E-state index in [-0.39, 0.29) is 30.6 Å². The third kappa shape index (κ3) is 10.8. The van der Waals surface area contributed by atoms with E-state index in [1.165, 1.54) is 6.92 Å². The molecule has 5 saturated heterocycles. The minimum absolute atomic E-state index is 0.00827. The van der Waals surface area contributed by atoms with Crippen LogP contribution < -0.4 is 0 Å². The number of allylic oxidation sites excluding steroid dienone is 2. The Kier molecular flexibility index (Phi) is 19.1. The van der Waals surface area contributed by atoms with Gasteiger partial charge in [0.25, 0.3) is 0 Å². The molecule has 5 aliphatic carbocycles. The maximum absolute atomic E-state index is 15.4. The predicted molar refractivity (Wildman–Crippen MR) is 283 cm³/mol. The quantitative estimate of drug-likeness (QED) is 0.0464. The normalized spacial score (nSPS) is 54.5. The van der Waals surface area contributed by atoms with E-state index in [4.69, 9.17) is 47.4 Å². The van der Waals surface area contributed by atoms with Crippen molar-refractivity contribution in [3.8, 4) is 0 Å². The van der Waals surface area contributed by atoms with Crippen molar-refractivity contribution in [3.63, 3.8) is 0 Å². The van der Waals surface area contributed by atoms with E-state index in [0.29, 0.717) is 32.1 Å². The van der Waals surface area contributed by atoms with Crippen molar-refractivity contribution in [1.82, 2.24) is 0 Å². The Balaban J connectivity index is 0.885. The Hall–Kier alpha value is -1.87. The first-order valence-corrected chi connectivity index (χ1v) is 30.1.